The van der Waals surface area contributed by atoms with Gasteiger partial charge in [-0.3, -0.25) is 4.90 Å². The Bertz CT molecular complexity index is 448. The Morgan fingerprint density at radius 2 is 1.95 bits per heavy atom. The molecular weight excluding hydrogens is 264 g/mol. The molecule has 1 aromatic rings. The lowest BCUT2D eigenvalue weighted by Crippen LogP contribution is -2.47. The second-order valence-electron chi connectivity index (χ2n) is 6.19. The normalized spacial score (nSPS) is 23.1. The lowest BCUT2D eigenvalue weighted by Gasteiger charge is -2.41. The van der Waals surface area contributed by atoms with Crippen LogP contribution < -0.4 is 5.32 Å². The SMILES string of the molecule is Cc1cccc([C@@H](C2CCOCC2)N2CCNCC2)c1O. The van der Waals surface area contributed by atoms with Crippen molar-refractivity contribution in [2.24, 2.45) is 5.92 Å². The van der Waals surface area contributed by atoms with Crippen LogP contribution in [-0.2, 0) is 4.74 Å². The Kier molecular flexibility index (Phi) is 4.78. The summed E-state index contributed by atoms with van der Waals surface area (Å²) in [4.78, 5) is 2.54. The maximum Gasteiger partial charge on any atom is 0.123 e. The molecule has 0 radical (unpaired) electrons. The molecule has 4 nitrogen and oxygen atoms in total. The summed E-state index contributed by atoms with van der Waals surface area (Å²) in [5, 5.41) is 14.0. The number of benzene rings is 1. The number of nitrogens with one attached hydrogen (secondary N) is 1. The number of para-hydroxylation sites is 1. The van der Waals surface area contributed by atoms with E-state index in [4.69, 9.17) is 4.74 Å². The average molecular weight is 290 g/mol. The monoisotopic (exact) mass is 290 g/mol. The van der Waals surface area contributed by atoms with Gasteiger partial charge in [0.1, 0.15) is 5.75 Å². The first-order valence-corrected chi connectivity index (χ1v) is 8.08. The summed E-state index contributed by atoms with van der Waals surface area (Å²) in [5.41, 5.74) is 2.07. The zero-order valence-corrected chi connectivity index (χ0v) is 12.8. The molecule has 0 unspecified atom stereocenters. The van der Waals surface area contributed by atoms with Gasteiger partial charge in [-0.2, -0.15) is 0 Å². The molecule has 2 saturated heterocycles. The summed E-state index contributed by atoms with van der Waals surface area (Å²) in [5.74, 6) is 1.05. The van der Waals surface area contributed by atoms with Gasteiger partial charge in [-0.25, -0.2) is 0 Å². The number of nitrogens with zero attached hydrogens (tertiary/aromatic N) is 1. The van der Waals surface area contributed by atoms with Gasteiger partial charge in [0.2, 0.25) is 0 Å². The van der Waals surface area contributed by atoms with Gasteiger partial charge in [0.25, 0.3) is 0 Å². The van der Waals surface area contributed by atoms with E-state index >= 15 is 0 Å². The van der Waals surface area contributed by atoms with E-state index in [0.29, 0.717) is 17.7 Å². The lowest BCUT2D eigenvalue weighted by molar-refractivity contribution is 0.0206. The quantitative estimate of drug-likeness (QED) is 0.894. The van der Waals surface area contributed by atoms with Crippen molar-refractivity contribution < 1.29 is 9.84 Å². The summed E-state index contributed by atoms with van der Waals surface area (Å²) in [6.45, 7) is 7.85. The molecule has 0 aliphatic carbocycles. The average Bonchev–Trinajstić information content (AvgIpc) is 2.54. The molecule has 2 fully saturated rings. The topological polar surface area (TPSA) is 44.7 Å². The number of hydrogen-bond acceptors (Lipinski definition) is 4. The van der Waals surface area contributed by atoms with Crippen LogP contribution in [0.3, 0.4) is 0 Å². The van der Waals surface area contributed by atoms with Gasteiger partial charge in [-0.15, -0.1) is 0 Å². The van der Waals surface area contributed by atoms with Crippen molar-refractivity contribution >= 4 is 0 Å². The van der Waals surface area contributed by atoms with Gasteiger partial charge in [-0.1, -0.05) is 18.2 Å². The number of ether oxygens (including phenoxy) is 1. The highest BCUT2D eigenvalue weighted by Crippen LogP contribution is 2.40. The third kappa shape index (κ3) is 3.23. The molecule has 1 atom stereocenters. The number of aromatic hydroxyl groups is 1. The summed E-state index contributed by atoms with van der Waals surface area (Å²) in [6.07, 6.45) is 2.17. The third-order valence-electron chi connectivity index (χ3n) is 4.85. The predicted molar refractivity (Wildman–Crippen MR) is 83.6 cm³/mol. The highest BCUT2D eigenvalue weighted by atomic mass is 16.5. The first kappa shape index (κ1) is 14.8. The van der Waals surface area contributed by atoms with Gasteiger partial charge in [0.05, 0.1) is 0 Å². The van der Waals surface area contributed by atoms with Crippen LogP contribution >= 0.6 is 0 Å². The first-order valence-electron chi connectivity index (χ1n) is 8.08. The number of aryl methyl sites for hydroxylation is 1. The largest absolute Gasteiger partial charge is 0.507 e. The van der Waals surface area contributed by atoms with Crippen molar-refractivity contribution in [1.82, 2.24) is 10.2 Å². The van der Waals surface area contributed by atoms with Crippen molar-refractivity contribution in [3.63, 3.8) is 0 Å². The number of hydrogen-bond donors (Lipinski definition) is 2. The Morgan fingerprint density at radius 1 is 1.24 bits per heavy atom. The summed E-state index contributed by atoms with van der Waals surface area (Å²) in [6, 6.07) is 6.47. The van der Waals surface area contributed by atoms with Gasteiger partial charge in [0, 0.05) is 51.0 Å². The van der Waals surface area contributed by atoms with E-state index in [1.165, 1.54) is 0 Å². The summed E-state index contributed by atoms with van der Waals surface area (Å²) in [7, 11) is 0. The van der Waals surface area contributed by atoms with Crippen LogP contribution in [0.5, 0.6) is 5.75 Å². The smallest absolute Gasteiger partial charge is 0.123 e. The van der Waals surface area contributed by atoms with Gasteiger partial charge < -0.3 is 15.2 Å². The minimum atomic E-state index is 0.316. The standard InChI is InChI=1S/C17H26N2O2/c1-13-3-2-4-15(17(13)20)16(14-5-11-21-12-6-14)19-9-7-18-8-10-19/h2-4,14,16,18,20H,5-12H2,1H3/t16-/m1/s1. The van der Waals surface area contributed by atoms with Crippen molar-refractivity contribution in [3.05, 3.63) is 29.3 Å². The summed E-state index contributed by atoms with van der Waals surface area (Å²) < 4.78 is 5.53. The lowest BCUT2D eigenvalue weighted by atomic mass is 9.84. The highest BCUT2D eigenvalue weighted by molar-refractivity contribution is 5.41. The fourth-order valence-electron chi connectivity index (χ4n) is 3.66. The molecule has 21 heavy (non-hydrogen) atoms. The van der Waals surface area contributed by atoms with Crippen LogP contribution in [0.2, 0.25) is 0 Å². The fraction of sp³-hybridized carbons (Fsp3) is 0.647. The number of rotatable bonds is 3. The van der Waals surface area contributed by atoms with Gasteiger partial charge in [0.15, 0.2) is 0 Å². The van der Waals surface area contributed by atoms with Crippen molar-refractivity contribution in [3.8, 4) is 5.75 Å². The van der Waals surface area contributed by atoms with E-state index < -0.39 is 0 Å². The van der Waals surface area contributed by atoms with E-state index in [2.05, 4.69) is 22.3 Å². The third-order valence-corrected chi connectivity index (χ3v) is 4.85. The van der Waals surface area contributed by atoms with Crippen LogP contribution in [0.1, 0.15) is 30.0 Å². The Morgan fingerprint density at radius 3 is 2.67 bits per heavy atom. The molecule has 3 rings (SSSR count). The molecule has 2 N–H and O–H groups in total. The van der Waals surface area contributed by atoms with E-state index in [9.17, 15) is 5.11 Å². The van der Waals surface area contributed by atoms with Gasteiger partial charge in [-0.05, 0) is 31.2 Å². The molecule has 0 aromatic heterocycles. The molecule has 2 heterocycles. The second-order valence-corrected chi connectivity index (χ2v) is 6.19. The Balaban J connectivity index is 1.91. The summed E-state index contributed by atoms with van der Waals surface area (Å²) >= 11 is 0. The number of piperazine rings is 1. The van der Waals surface area contributed by atoms with Gasteiger partial charge >= 0.3 is 0 Å². The molecule has 0 saturated carbocycles. The molecule has 1 aromatic carbocycles. The van der Waals surface area contributed by atoms with E-state index in [1.807, 2.05) is 13.0 Å². The Hall–Kier alpha value is -1.10. The van der Waals surface area contributed by atoms with Crippen LogP contribution in [0.15, 0.2) is 18.2 Å². The molecule has 2 aliphatic heterocycles. The molecule has 0 spiro atoms. The zero-order valence-electron chi connectivity index (χ0n) is 12.8. The van der Waals surface area contributed by atoms with Crippen LogP contribution in [-0.4, -0.2) is 49.4 Å². The Labute approximate surface area is 127 Å². The van der Waals surface area contributed by atoms with Crippen molar-refractivity contribution in [2.45, 2.75) is 25.8 Å². The van der Waals surface area contributed by atoms with E-state index in [0.717, 1.165) is 63.4 Å². The molecule has 0 bridgehead atoms. The first-order chi connectivity index (χ1) is 10.3. The van der Waals surface area contributed by atoms with Crippen molar-refractivity contribution in [1.29, 1.82) is 0 Å². The minimum absolute atomic E-state index is 0.316. The van der Waals surface area contributed by atoms with E-state index in [-0.39, 0.29) is 0 Å². The molecule has 0 amide bonds. The minimum Gasteiger partial charge on any atom is -0.507 e. The highest BCUT2D eigenvalue weighted by Gasteiger charge is 2.32. The van der Waals surface area contributed by atoms with E-state index in [1.54, 1.807) is 0 Å². The molecule has 2 aliphatic rings. The fourth-order valence-corrected chi connectivity index (χ4v) is 3.66. The van der Waals surface area contributed by atoms with Crippen LogP contribution in [0, 0.1) is 12.8 Å². The number of phenols is 1. The number of phenolic OH excluding ortho intramolecular Hbond substituents is 1. The predicted octanol–water partition coefficient (Wildman–Crippen LogP) is 2.07. The van der Waals surface area contributed by atoms with Crippen LogP contribution in [0.4, 0.5) is 0 Å². The second kappa shape index (κ2) is 6.77. The zero-order chi connectivity index (χ0) is 14.7. The molecule has 4 heteroatoms. The molecule has 116 valence electrons. The van der Waals surface area contributed by atoms with Crippen molar-refractivity contribution in [2.75, 3.05) is 39.4 Å². The molecular formula is C17H26N2O2. The maximum absolute atomic E-state index is 10.6. The maximum atomic E-state index is 10.6. The van der Waals surface area contributed by atoms with Crippen LogP contribution in [0.25, 0.3) is 0 Å².